The zero-order valence-electron chi connectivity index (χ0n) is 11.2. The third-order valence-electron chi connectivity index (χ3n) is 2.95. The predicted octanol–water partition coefficient (Wildman–Crippen LogP) is 2.67. The normalized spacial score (nSPS) is 10.0. The molecule has 0 aromatic heterocycles. The summed E-state index contributed by atoms with van der Waals surface area (Å²) in [7, 11) is 1.29. The van der Waals surface area contributed by atoms with E-state index < -0.39 is 5.97 Å². The number of carbonyl (C=O) groups is 1. The lowest BCUT2D eigenvalue weighted by atomic mass is 9.97. The van der Waals surface area contributed by atoms with E-state index in [1.807, 2.05) is 6.92 Å². The van der Waals surface area contributed by atoms with Gasteiger partial charge in [0.1, 0.15) is 23.7 Å². The molecule has 1 N–H and O–H groups in total. The molecular weight excluding hydrogens is 232 g/mol. The van der Waals surface area contributed by atoms with Crippen molar-refractivity contribution in [2.24, 2.45) is 0 Å². The molecule has 0 spiro atoms. The Bertz CT molecular complexity index is 460. The number of phenolic OH excluding ortho intramolecular Hbond substituents is 1. The maximum atomic E-state index is 11.6. The largest absolute Gasteiger partial charge is 0.507 e. The molecule has 0 heterocycles. The molecule has 1 rings (SSSR count). The summed E-state index contributed by atoms with van der Waals surface area (Å²) in [5, 5.41) is 10.1. The number of aromatic hydroxyl groups is 1. The van der Waals surface area contributed by atoms with E-state index in [1.54, 1.807) is 19.9 Å². The van der Waals surface area contributed by atoms with E-state index in [0.29, 0.717) is 23.5 Å². The summed E-state index contributed by atoms with van der Waals surface area (Å²) in [5.41, 5.74) is 2.19. The van der Waals surface area contributed by atoms with Crippen LogP contribution in [0.3, 0.4) is 0 Å². The molecule has 0 bridgehead atoms. The summed E-state index contributed by atoms with van der Waals surface area (Å²) in [6, 6.07) is 0. The predicted molar refractivity (Wildman–Crippen MR) is 69.3 cm³/mol. The van der Waals surface area contributed by atoms with E-state index in [9.17, 15) is 9.90 Å². The Morgan fingerprint density at radius 1 is 1.28 bits per heavy atom. The van der Waals surface area contributed by atoms with Gasteiger partial charge in [-0.1, -0.05) is 12.7 Å². The van der Waals surface area contributed by atoms with E-state index in [-0.39, 0.29) is 11.3 Å². The number of ether oxygens (including phenoxy) is 2. The number of hydrogen-bond acceptors (Lipinski definition) is 4. The van der Waals surface area contributed by atoms with Gasteiger partial charge in [-0.15, -0.1) is 0 Å². The first-order valence-corrected chi connectivity index (χ1v) is 5.60. The monoisotopic (exact) mass is 250 g/mol. The SMILES string of the molecule is C=CCOc1c(C)c(C)c(C(=O)OC)c(O)c1C. The molecule has 0 saturated carbocycles. The number of methoxy groups -OCH3 is 1. The Balaban J connectivity index is 3.45. The Morgan fingerprint density at radius 3 is 2.39 bits per heavy atom. The fraction of sp³-hybridized carbons (Fsp3) is 0.357. The van der Waals surface area contributed by atoms with Gasteiger partial charge in [0.05, 0.1) is 7.11 Å². The maximum absolute atomic E-state index is 11.6. The molecule has 0 fully saturated rings. The van der Waals surface area contributed by atoms with Crippen molar-refractivity contribution in [2.75, 3.05) is 13.7 Å². The van der Waals surface area contributed by atoms with E-state index in [0.717, 1.165) is 5.56 Å². The van der Waals surface area contributed by atoms with Gasteiger partial charge in [-0.25, -0.2) is 4.79 Å². The van der Waals surface area contributed by atoms with Crippen LogP contribution in [0.4, 0.5) is 0 Å². The van der Waals surface area contributed by atoms with Crippen molar-refractivity contribution in [2.45, 2.75) is 20.8 Å². The second-order valence-electron chi connectivity index (χ2n) is 4.02. The van der Waals surface area contributed by atoms with Crippen LogP contribution in [0.1, 0.15) is 27.0 Å². The number of esters is 1. The lowest BCUT2D eigenvalue weighted by Crippen LogP contribution is -2.09. The number of benzene rings is 1. The minimum atomic E-state index is -0.550. The van der Waals surface area contributed by atoms with Crippen molar-refractivity contribution >= 4 is 5.97 Å². The van der Waals surface area contributed by atoms with Crippen LogP contribution in [0.25, 0.3) is 0 Å². The third-order valence-corrected chi connectivity index (χ3v) is 2.95. The summed E-state index contributed by atoms with van der Waals surface area (Å²) in [5.74, 6) is -0.0620. The first-order valence-electron chi connectivity index (χ1n) is 5.60. The molecular formula is C14H18O4. The quantitative estimate of drug-likeness (QED) is 0.659. The molecule has 0 unspecified atom stereocenters. The highest BCUT2D eigenvalue weighted by molar-refractivity contribution is 5.95. The fourth-order valence-electron chi connectivity index (χ4n) is 1.82. The average Bonchev–Trinajstić information content (AvgIpc) is 2.36. The zero-order valence-corrected chi connectivity index (χ0v) is 11.2. The van der Waals surface area contributed by atoms with Gasteiger partial charge in [0.25, 0.3) is 0 Å². The maximum Gasteiger partial charge on any atom is 0.341 e. The minimum absolute atomic E-state index is 0.0935. The van der Waals surface area contributed by atoms with Gasteiger partial charge >= 0.3 is 5.97 Å². The molecule has 18 heavy (non-hydrogen) atoms. The van der Waals surface area contributed by atoms with Crippen LogP contribution in [0.15, 0.2) is 12.7 Å². The molecule has 0 aliphatic heterocycles. The van der Waals surface area contributed by atoms with Crippen molar-refractivity contribution in [1.29, 1.82) is 0 Å². The zero-order chi connectivity index (χ0) is 13.9. The van der Waals surface area contributed by atoms with Crippen molar-refractivity contribution in [3.05, 3.63) is 34.9 Å². The van der Waals surface area contributed by atoms with Gasteiger partial charge in [0.2, 0.25) is 0 Å². The van der Waals surface area contributed by atoms with Gasteiger partial charge in [0, 0.05) is 5.56 Å². The van der Waals surface area contributed by atoms with Gasteiger partial charge in [-0.2, -0.15) is 0 Å². The van der Waals surface area contributed by atoms with E-state index in [2.05, 4.69) is 11.3 Å². The topological polar surface area (TPSA) is 55.8 Å². The fourth-order valence-corrected chi connectivity index (χ4v) is 1.82. The molecule has 1 aromatic rings. The standard InChI is InChI=1S/C14H18O4/c1-6-7-18-13-9(3)8(2)11(14(16)17-5)12(15)10(13)4/h6,15H,1,7H2,2-5H3. The van der Waals surface area contributed by atoms with Gasteiger partial charge in [-0.05, 0) is 31.9 Å². The second-order valence-corrected chi connectivity index (χ2v) is 4.02. The van der Waals surface area contributed by atoms with E-state index >= 15 is 0 Å². The molecule has 0 saturated heterocycles. The summed E-state index contributed by atoms with van der Waals surface area (Å²) in [6.07, 6.45) is 1.62. The number of phenols is 1. The first-order chi connectivity index (χ1) is 8.45. The summed E-state index contributed by atoms with van der Waals surface area (Å²) < 4.78 is 10.2. The lowest BCUT2D eigenvalue weighted by Gasteiger charge is -2.17. The van der Waals surface area contributed by atoms with Crippen molar-refractivity contribution < 1.29 is 19.4 Å². The molecule has 0 aliphatic carbocycles. The number of carbonyl (C=O) groups excluding carboxylic acids is 1. The smallest absolute Gasteiger partial charge is 0.341 e. The Hall–Kier alpha value is -1.97. The van der Waals surface area contributed by atoms with Crippen LogP contribution in [0.2, 0.25) is 0 Å². The van der Waals surface area contributed by atoms with Crippen molar-refractivity contribution in [1.82, 2.24) is 0 Å². The van der Waals surface area contributed by atoms with Gasteiger partial charge in [-0.3, -0.25) is 0 Å². The minimum Gasteiger partial charge on any atom is -0.507 e. The summed E-state index contributed by atoms with van der Waals surface area (Å²) >= 11 is 0. The highest BCUT2D eigenvalue weighted by Gasteiger charge is 2.23. The van der Waals surface area contributed by atoms with Crippen molar-refractivity contribution in [3.63, 3.8) is 0 Å². The Kier molecular flexibility index (Phi) is 4.37. The average molecular weight is 250 g/mol. The molecule has 4 heteroatoms. The van der Waals surface area contributed by atoms with Crippen molar-refractivity contribution in [3.8, 4) is 11.5 Å². The number of rotatable bonds is 4. The lowest BCUT2D eigenvalue weighted by molar-refractivity contribution is 0.0596. The second kappa shape index (κ2) is 5.58. The summed E-state index contributed by atoms with van der Waals surface area (Å²) in [6.45, 7) is 9.22. The Morgan fingerprint density at radius 2 is 1.89 bits per heavy atom. The highest BCUT2D eigenvalue weighted by atomic mass is 16.5. The molecule has 0 radical (unpaired) electrons. The van der Waals surface area contributed by atoms with E-state index in [1.165, 1.54) is 7.11 Å². The third kappa shape index (κ3) is 2.32. The van der Waals surface area contributed by atoms with Crippen LogP contribution < -0.4 is 4.74 Å². The molecule has 4 nitrogen and oxygen atoms in total. The van der Waals surface area contributed by atoms with Crippen LogP contribution in [-0.2, 0) is 4.74 Å². The van der Waals surface area contributed by atoms with Crippen LogP contribution in [0, 0.1) is 20.8 Å². The molecule has 0 aliphatic rings. The first kappa shape index (κ1) is 14.1. The Labute approximate surface area is 107 Å². The van der Waals surface area contributed by atoms with Crippen LogP contribution in [-0.4, -0.2) is 24.8 Å². The number of hydrogen-bond donors (Lipinski definition) is 1. The molecule has 0 amide bonds. The van der Waals surface area contributed by atoms with Crippen LogP contribution >= 0.6 is 0 Å². The van der Waals surface area contributed by atoms with Crippen LogP contribution in [0.5, 0.6) is 11.5 Å². The summed E-state index contributed by atoms with van der Waals surface area (Å²) in [4.78, 5) is 11.6. The molecule has 98 valence electrons. The van der Waals surface area contributed by atoms with Gasteiger partial charge < -0.3 is 14.6 Å². The molecule has 1 aromatic carbocycles. The van der Waals surface area contributed by atoms with Gasteiger partial charge in [0.15, 0.2) is 0 Å². The highest BCUT2D eigenvalue weighted by Crippen LogP contribution is 2.37. The molecule has 0 atom stereocenters. The van der Waals surface area contributed by atoms with E-state index in [4.69, 9.17) is 4.74 Å².